The molecule has 1 aliphatic carbocycles. The van der Waals surface area contributed by atoms with E-state index in [1.54, 1.807) is 71.0 Å². The highest BCUT2D eigenvalue weighted by atomic mass is 33.1. The van der Waals surface area contributed by atoms with Crippen LogP contribution >= 0.6 is 21.6 Å². The van der Waals surface area contributed by atoms with Gasteiger partial charge < -0.3 is 60.1 Å². The number of methoxy groups -OCH3 is 1. The zero-order valence-electron chi connectivity index (χ0n) is 57.1. The fourth-order valence-electron chi connectivity index (χ4n) is 13.2. The van der Waals surface area contributed by atoms with Crippen LogP contribution in [0.5, 0.6) is 17.2 Å². The van der Waals surface area contributed by atoms with Crippen LogP contribution in [0.4, 0.5) is 25.8 Å². The molecular weight excluding hydrogens is 1310 g/mol. The standard InChI is InChI=1S/C72H92N8O17S2/c1-8-98-99-72(25-16-26-72)42-97-71(92)80-55-38-61(60(93-7)36-52(55)66(87)78-40-45(5)32-57(78)68(80)89)95-30-14-10-13-29-94-59-37-54-51(33-46(59)6)65(86)77-39-44(4)31-56(77)67(88)79(54)70(91)96-41-48-21-19-47(20-22-48)34-58(82)53(18-15-27-74-69(73)90)75-64(85)50(43(2)3)35-49(81)17-11-9-12-28-76-62(83)23-24-63(76)84/h19-24,33,36-38,43,50,53,56-57,67-68,88-89H,4-5,8-18,25-32,34-35,39-42H2,1-3,6-7H3,(H,75,85)(H3,73,74,90)/t50-,53-,56-,57-,67?,68?/m0/s1. The predicted molar refractivity (Wildman–Crippen MR) is 373 cm³/mol. The molecule has 1 saturated carbocycles. The number of hydrogen-bond donors (Lipinski definition) is 5. The number of hydrogen-bond acceptors (Lipinski definition) is 19. The Hall–Kier alpha value is -8.40. The summed E-state index contributed by atoms with van der Waals surface area (Å²) in [6.07, 6.45) is 5.02. The van der Waals surface area contributed by atoms with Crippen LogP contribution in [0, 0.1) is 18.8 Å². The zero-order valence-corrected chi connectivity index (χ0v) is 58.7. The molecule has 9 amide bonds. The van der Waals surface area contributed by atoms with E-state index in [1.807, 2.05) is 13.8 Å². The third kappa shape index (κ3) is 18.3. The number of aliphatic hydroxyl groups excluding tert-OH is 2. The van der Waals surface area contributed by atoms with Crippen molar-refractivity contribution in [3.8, 4) is 17.2 Å². The number of unbranched alkanes of at least 4 members (excludes halogenated alkanes) is 4. The van der Waals surface area contributed by atoms with Gasteiger partial charge in [0.2, 0.25) is 5.91 Å². The Labute approximate surface area is 585 Å². The number of nitrogens with zero attached hydrogens (tertiary/aromatic N) is 5. The molecule has 3 aromatic rings. The maximum absolute atomic E-state index is 14.4. The fraction of sp³-hybridized carbons (Fsp3) is 0.528. The Bertz CT molecular complexity index is 3580. The highest BCUT2D eigenvalue weighted by Crippen LogP contribution is 2.50. The van der Waals surface area contributed by atoms with Gasteiger partial charge in [-0.3, -0.25) is 38.5 Å². The smallest absolute Gasteiger partial charge is 0.416 e. The van der Waals surface area contributed by atoms with Crippen LogP contribution in [0.1, 0.15) is 154 Å². The Morgan fingerprint density at radius 2 is 1.31 bits per heavy atom. The van der Waals surface area contributed by atoms with Gasteiger partial charge >= 0.3 is 18.2 Å². The van der Waals surface area contributed by atoms with Crippen molar-refractivity contribution in [2.24, 2.45) is 17.6 Å². The minimum atomic E-state index is -1.54. The van der Waals surface area contributed by atoms with Gasteiger partial charge in [-0.25, -0.2) is 24.2 Å². The van der Waals surface area contributed by atoms with E-state index in [-0.39, 0.29) is 159 Å². The number of aryl methyl sites for hydroxylation is 1. The molecule has 5 aliphatic heterocycles. The zero-order chi connectivity index (χ0) is 71.2. The lowest BCUT2D eigenvalue weighted by Crippen LogP contribution is -2.51. The second-order valence-electron chi connectivity index (χ2n) is 26.5. The number of fused-ring (bicyclic) bond motifs is 4. The summed E-state index contributed by atoms with van der Waals surface area (Å²) in [6.45, 7) is 16.8. The third-order valence-electron chi connectivity index (χ3n) is 18.9. The SMILES string of the molecule is C=C1C[C@H]2C(O)N(C(=O)OCc3ccc(CC(=O)[C@H](CCCNC(N)=O)NC(=O)[C@@H](CC(=O)CCCCCN4C(=O)C=CC4=O)C(C)C)cc3)c3cc(OCCCCCOc4cc5c(cc4OC)C(=O)N4CC(=C)C[C@H]4C(O)N5C(=O)OCC4(SSCC)CCC4)c(C)cc3C(=O)N2C1. The van der Waals surface area contributed by atoms with E-state index >= 15 is 0 Å². The number of urea groups is 1. The third-order valence-corrected chi connectivity index (χ3v) is 22.3. The van der Waals surface area contributed by atoms with Gasteiger partial charge in [0.25, 0.3) is 23.6 Å². The minimum absolute atomic E-state index is 0.0460. The lowest BCUT2D eigenvalue weighted by atomic mass is 9.85. The molecule has 3 aromatic carbocycles. The van der Waals surface area contributed by atoms with E-state index in [0.717, 1.165) is 45.3 Å². The average Bonchev–Trinajstić information content (AvgIpc) is 1.63. The molecule has 9 rings (SSSR count). The first-order valence-electron chi connectivity index (χ1n) is 34.1. The van der Waals surface area contributed by atoms with Gasteiger partial charge in [-0.15, -0.1) is 0 Å². The molecule has 0 aromatic heterocycles. The number of primary amides is 1. The van der Waals surface area contributed by atoms with Crippen LogP contribution < -0.4 is 40.4 Å². The molecule has 5 heterocycles. The lowest BCUT2D eigenvalue weighted by Gasteiger charge is -2.40. The number of anilines is 2. The maximum Gasteiger partial charge on any atom is 0.416 e. The van der Waals surface area contributed by atoms with Gasteiger partial charge in [0.15, 0.2) is 29.7 Å². The largest absolute Gasteiger partial charge is 0.493 e. The molecule has 2 unspecified atom stereocenters. The topological polar surface area (TPSA) is 324 Å². The summed E-state index contributed by atoms with van der Waals surface area (Å²) in [6, 6.07) is 9.71. The number of amides is 9. The summed E-state index contributed by atoms with van der Waals surface area (Å²) in [5.74, 6) is -1.62. The molecule has 534 valence electrons. The Kier molecular flexibility index (Phi) is 25.8. The van der Waals surface area contributed by atoms with Crippen LogP contribution in [0.2, 0.25) is 0 Å². The van der Waals surface area contributed by atoms with Gasteiger partial charge in [-0.1, -0.05) is 104 Å². The molecule has 6 aliphatic rings. The van der Waals surface area contributed by atoms with Crippen molar-refractivity contribution in [2.75, 3.05) is 68.7 Å². The number of ether oxygens (including phenoxy) is 5. The van der Waals surface area contributed by atoms with Crippen LogP contribution in [-0.4, -0.2) is 178 Å². The molecule has 3 fully saturated rings. The first-order valence-corrected chi connectivity index (χ1v) is 36.4. The van der Waals surface area contributed by atoms with Crippen LogP contribution in [0.3, 0.4) is 0 Å². The first kappa shape index (κ1) is 74.8. The quantitative estimate of drug-likeness (QED) is 0.0161. The Balaban J connectivity index is 0.803. The van der Waals surface area contributed by atoms with Gasteiger partial charge in [0, 0.05) is 81.4 Å². The lowest BCUT2D eigenvalue weighted by molar-refractivity contribution is -0.137. The van der Waals surface area contributed by atoms with Crippen molar-refractivity contribution in [1.29, 1.82) is 0 Å². The van der Waals surface area contributed by atoms with Crippen molar-refractivity contribution in [1.82, 2.24) is 25.3 Å². The van der Waals surface area contributed by atoms with Crippen LogP contribution in [0.15, 0.2) is 85.0 Å². The summed E-state index contributed by atoms with van der Waals surface area (Å²) in [5, 5.41) is 29.4. The highest BCUT2D eigenvalue weighted by Gasteiger charge is 2.49. The number of nitrogens with two attached hydrogens (primary N) is 1. The maximum atomic E-state index is 14.4. The van der Waals surface area contributed by atoms with Crippen molar-refractivity contribution in [2.45, 2.75) is 172 Å². The van der Waals surface area contributed by atoms with E-state index in [1.165, 1.54) is 35.1 Å². The number of nitrogens with one attached hydrogen (secondary N) is 2. The van der Waals surface area contributed by atoms with Gasteiger partial charge in [-0.2, -0.15) is 0 Å². The monoisotopic (exact) mass is 1400 g/mol. The summed E-state index contributed by atoms with van der Waals surface area (Å²) in [7, 11) is 4.89. The molecule has 25 nitrogen and oxygen atoms in total. The number of carbonyl (C=O) groups is 10. The summed E-state index contributed by atoms with van der Waals surface area (Å²) < 4.78 is 30.0. The van der Waals surface area contributed by atoms with Crippen LogP contribution in [0.25, 0.3) is 0 Å². The van der Waals surface area contributed by atoms with E-state index in [9.17, 15) is 58.2 Å². The molecule has 0 bridgehead atoms. The van der Waals surface area contributed by atoms with Gasteiger partial charge in [0.05, 0.1) is 65.7 Å². The number of rotatable bonds is 34. The molecule has 2 saturated heterocycles. The Morgan fingerprint density at radius 1 is 0.737 bits per heavy atom. The Morgan fingerprint density at radius 3 is 1.89 bits per heavy atom. The number of Topliss-reactive ketones (excluding diaryl/α,β-unsaturated/α-hetero) is 2. The minimum Gasteiger partial charge on any atom is -0.493 e. The molecule has 99 heavy (non-hydrogen) atoms. The average molecular weight is 1410 g/mol. The second kappa shape index (κ2) is 34.1. The van der Waals surface area contributed by atoms with Crippen molar-refractivity contribution in [3.63, 3.8) is 0 Å². The molecule has 0 spiro atoms. The number of aliphatic hydroxyl groups is 2. The van der Waals surface area contributed by atoms with Crippen LogP contribution in [-0.2, 0) is 46.5 Å². The highest BCUT2D eigenvalue weighted by molar-refractivity contribution is 8.77. The summed E-state index contributed by atoms with van der Waals surface area (Å²) in [4.78, 5) is 140. The van der Waals surface area contributed by atoms with Crippen molar-refractivity contribution in [3.05, 3.63) is 113 Å². The predicted octanol–water partition coefficient (Wildman–Crippen LogP) is 9.01. The summed E-state index contributed by atoms with van der Waals surface area (Å²) in [5.41, 5.74) is 9.00. The van der Waals surface area contributed by atoms with E-state index in [0.29, 0.717) is 79.4 Å². The summed E-state index contributed by atoms with van der Waals surface area (Å²) >= 11 is 0. The number of ketones is 2. The van der Waals surface area contributed by atoms with E-state index < -0.39 is 66.5 Å². The van der Waals surface area contributed by atoms with Crippen molar-refractivity contribution >= 4 is 92.3 Å². The molecular formula is C72H92N8O17S2. The second-order valence-corrected chi connectivity index (χ2v) is 29.6. The first-order chi connectivity index (χ1) is 47.4. The van der Waals surface area contributed by atoms with Gasteiger partial charge in [-0.05, 0) is 112 Å². The number of carbonyl (C=O) groups excluding carboxylic acids is 10. The molecule has 0 radical (unpaired) electrons. The number of benzene rings is 3. The van der Waals surface area contributed by atoms with E-state index in [2.05, 4.69) is 30.7 Å². The molecule has 6 atom stereocenters. The molecule has 6 N–H and O–H groups in total. The van der Waals surface area contributed by atoms with Crippen molar-refractivity contribution < 1.29 is 81.8 Å². The number of imide groups is 1. The molecule has 27 heteroatoms. The van der Waals surface area contributed by atoms with Gasteiger partial charge in [0.1, 0.15) is 24.7 Å². The fourth-order valence-corrected chi connectivity index (χ4v) is 15.9. The normalized spacial score (nSPS) is 19.7. The van der Waals surface area contributed by atoms with E-state index in [4.69, 9.17) is 29.4 Å².